The van der Waals surface area contributed by atoms with Crippen LogP contribution in [0.15, 0.2) is 12.3 Å². The third kappa shape index (κ3) is 2.47. The number of nitrogens with zero attached hydrogens (tertiary/aromatic N) is 2. The van der Waals surface area contributed by atoms with Crippen molar-refractivity contribution in [3.05, 3.63) is 23.0 Å². The minimum Gasteiger partial charge on any atom is -0.308 e. The fraction of sp³-hybridized carbons (Fsp3) is 0.400. The third-order valence-electron chi connectivity index (χ3n) is 2.80. The van der Waals surface area contributed by atoms with Crippen LogP contribution in [0.3, 0.4) is 0 Å². The monoisotopic (exact) mass is 289 g/mol. The molecule has 0 bridgehead atoms. The molecule has 0 radical (unpaired) electrons. The van der Waals surface area contributed by atoms with Gasteiger partial charge in [-0.05, 0) is 18.6 Å². The Hall–Kier alpha value is -1.18. The largest absolute Gasteiger partial charge is 0.308 e. The molecule has 1 aromatic rings. The van der Waals surface area contributed by atoms with E-state index in [1.807, 2.05) is 6.92 Å². The van der Waals surface area contributed by atoms with Gasteiger partial charge in [-0.3, -0.25) is 4.79 Å². The molecule has 0 aliphatic carbocycles. The molecule has 1 saturated heterocycles. The molecule has 1 atom stereocenters. The Morgan fingerprint density at radius 2 is 2.22 bits per heavy atom. The summed E-state index contributed by atoms with van der Waals surface area (Å²) in [6.45, 7) is 1.83. The minimum atomic E-state index is -3.73. The minimum absolute atomic E-state index is 0.0164. The van der Waals surface area contributed by atoms with Gasteiger partial charge in [0.1, 0.15) is 5.25 Å². The van der Waals surface area contributed by atoms with E-state index < -0.39 is 15.3 Å². The van der Waals surface area contributed by atoms with Crippen LogP contribution in [-0.2, 0) is 14.8 Å². The van der Waals surface area contributed by atoms with Crippen molar-refractivity contribution in [3.63, 3.8) is 0 Å². The van der Waals surface area contributed by atoms with E-state index in [0.717, 1.165) is 5.56 Å². The zero-order valence-electron chi connectivity index (χ0n) is 9.63. The van der Waals surface area contributed by atoms with Crippen molar-refractivity contribution >= 4 is 33.2 Å². The SMILES string of the molecule is Cc1cnc(Cl)c(N2CC(S(N)(=O)=O)CC2=O)c1. The number of pyridine rings is 1. The van der Waals surface area contributed by atoms with Gasteiger partial charge < -0.3 is 4.90 Å². The van der Waals surface area contributed by atoms with E-state index >= 15 is 0 Å². The van der Waals surface area contributed by atoms with Crippen molar-refractivity contribution < 1.29 is 13.2 Å². The highest BCUT2D eigenvalue weighted by molar-refractivity contribution is 7.89. The molecular formula is C10H12ClN3O3S. The van der Waals surface area contributed by atoms with Crippen molar-refractivity contribution in [2.45, 2.75) is 18.6 Å². The summed E-state index contributed by atoms with van der Waals surface area (Å²) < 4.78 is 22.5. The Kier molecular flexibility index (Phi) is 3.31. The first kappa shape index (κ1) is 13.3. The molecule has 1 aromatic heterocycles. The van der Waals surface area contributed by atoms with Gasteiger partial charge in [0.15, 0.2) is 5.15 Å². The highest BCUT2D eigenvalue weighted by Crippen LogP contribution is 2.29. The number of anilines is 1. The van der Waals surface area contributed by atoms with E-state index in [1.165, 1.54) is 4.90 Å². The molecule has 1 unspecified atom stereocenters. The van der Waals surface area contributed by atoms with E-state index in [-0.39, 0.29) is 24.0 Å². The highest BCUT2D eigenvalue weighted by atomic mass is 35.5. The van der Waals surface area contributed by atoms with Gasteiger partial charge in [0.05, 0.1) is 5.69 Å². The molecule has 6 nitrogen and oxygen atoms in total. The molecular weight excluding hydrogens is 278 g/mol. The maximum Gasteiger partial charge on any atom is 0.228 e. The Balaban J connectivity index is 2.35. The first-order valence-electron chi connectivity index (χ1n) is 5.23. The lowest BCUT2D eigenvalue weighted by atomic mass is 10.3. The van der Waals surface area contributed by atoms with E-state index in [1.54, 1.807) is 12.3 Å². The van der Waals surface area contributed by atoms with E-state index in [4.69, 9.17) is 16.7 Å². The van der Waals surface area contributed by atoms with Crippen LogP contribution < -0.4 is 10.0 Å². The van der Waals surface area contributed by atoms with Crippen LogP contribution in [0.1, 0.15) is 12.0 Å². The predicted molar refractivity (Wildman–Crippen MR) is 67.8 cm³/mol. The molecule has 0 aromatic carbocycles. The molecule has 1 aliphatic rings. The van der Waals surface area contributed by atoms with Crippen LogP contribution in [0, 0.1) is 6.92 Å². The average molecular weight is 290 g/mol. The molecule has 1 fully saturated rings. The fourth-order valence-electron chi connectivity index (χ4n) is 1.85. The van der Waals surface area contributed by atoms with Gasteiger partial charge in [-0.25, -0.2) is 18.5 Å². The number of carbonyl (C=O) groups is 1. The number of primary sulfonamides is 1. The summed E-state index contributed by atoms with van der Waals surface area (Å²) in [6, 6.07) is 1.69. The smallest absolute Gasteiger partial charge is 0.228 e. The first-order valence-corrected chi connectivity index (χ1v) is 7.22. The van der Waals surface area contributed by atoms with Gasteiger partial charge in [0, 0.05) is 19.2 Å². The van der Waals surface area contributed by atoms with Crippen LogP contribution in [0.5, 0.6) is 0 Å². The van der Waals surface area contributed by atoms with Crippen molar-refractivity contribution in [1.82, 2.24) is 4.98 Å². The number of sulfonamides is 1. The molecule has 8 heteroatoms. The molecule has 0 spiro atoms. The molecule has 1 amide bonds. The van der Waals surface area contributed by atoms with Crippen LogP contribution in [-0.4, -0.2) is 31.1 Å². The average Bonchev–Trinajstić information content (AvgIpc) is 2.64. The number of rotatable bonds is 2. The second kappa shape index (κ2) is 4.49. The van der Waals surface area contributed by atoms with Crippen LogP contribution in [0.25, 0.3) is 0 Å². The molecule has 2 heterocycles. The summed E-state index contributed by atoms with van der Waals surface area (Å²) in [7, 11) is -3.73. The van der Waals surface area contributed by atoms with Crippen LogP contribution >= 0.6 is 11.6 Å². The van der Waals surface area contributed by atoms with Crippen LogP contribution in [0.4, 0.5) is 5.69 Å². The Labute approximate surface area is 110 Å². The third-order valence-corrected chi connectivity index (χ3v) is 4.34. The second-order valence-corrected chi connectivity index (χ2v) is 6.44. The summed E-state index contributed by atoms with van der Waals surface area (Å²) >= 11 is 5.92. The number of halogens is 1. The van der Waals surface area contributed by atoms with Crippen LogP contribution in [0.2, 0.25) is 5.15 Å². The van der Waals surface area contributed by atoms with Crippen molar-refractivity contribution in [3.8, 4) is 0 Å². The number of carbonyl (C=O) groups excluding carboxylic acids is 1. The topological polar surface area (TPSA) is 93.4 Å². The lowest BCUT2D eigenvalue weighted by molar-refractivity contribution is -0.117. The number of hydrogen-bond acceptors (Lipinski definition) is 4. The maximum atomic E-state index is 11.8. The molecule has 2 rings (SSSR count). The number of nitrogens with two attached hydrogens (primary N) is 1. The number of amides is 1. The molecule has 2 N–H and O–H groups in total. The molecule has 98 valence electrons. The Morgan fingerprint density at radius 1 is 1.56 bits per heavy atom. The predicted octanol–water partition coefficient (Wildman–Crippen LogP) is 0.437. The Bertz CT molecular complexity index is 602. The summed E-state index contributed by atoms with van der Waals surface area (Å²) in [4.78, 5) is 17.1. The molecule has 18 heavy (non-hydrogen) atoms. The van der Waals surface area contributed by atoms with Gasteiger partial charge in [-0.1, -0.05) is 11.6 Å². The fourth-order valence-corrected chi connectivity index (χ4v) is 2.79. The van der Waals surface area contributed by atoms with Crippen molar-refractivity contribution in [1.29, 1.82) is 0 Å². The second-order valence-electron chi connectivity index (χ2n) is 4.24. The zero-order chi connectivity index (χ0) is 13.5. The first-order chi connectivity index (χ1) is 8.29. The summed E-state index contributed by atoms with van der Waals surface area (Å²) in [6.07, 6.45) is 1.45. The van der Waals surface area contributed by atoms with E-state index in [9.17, 15) is 13.2 Å². The molecule has 0 saturated carbocycles. The number of aryl methyl sites for hydroxylation is 1. The lowest BCUT2D eigenvalue weighted by Gasteiger charge is -2.17. The van der Waals surface area contributed by atoms with Crippen molar-refractivity contribution in [2.24, 2.45) is 5.14 Å². The zero-order valence-corrected chi connectivity index (χ0v) is 11.2. The highest BCUT2D eigenvalue weighted by Gasteiger charge is 2.38. The van der Waals surface area contributed by atoms with E-state index in [2.05, 4.69) is 4.98 Å². The van der Waals surface area contributed by atoms with E-state index in [0.29, 0.717) is 5.69 Å². The van der Waals surface area contributed by atoms with Gasteiger partial charge in [-0.2, -0.15) is 0 Å². The lowest BCUT2D eigenvalue weighted by Crippen LogP contribution is -2.32. The summed E-state index contributed by atoms with van der Waals surface area (Å²) in [5, 5.41) is 4.34. The quantitative estimate of drug-likeness (QED) is 0.799. The van der Waals surface area contributed by atoms with Gasteiger partial charge in [0.2, 0.25) is 15.9 Å². The van der Waals surface area contributed by atoms with Gasteiger partial charge in [0.25, 0.3) is 0 Å². The Morgan fingerprint density at radius 3 is 2.78 bits per heavy atom. The van der Waals surface area contributed by atoms with Gasteiger partial charge >= 0.3 is 0 Å². The van der Waals surface area contributed by atoms with Crippen molar-refractivity contribution in [2.75, 3.05) is 11.4 Å². The van der Waals surface area contributed by atoms with Gasteiger partial charge in [-0.15, -0.1) is 0 Å². The number of aromatic nitrogens is 1. The standard InChI is InChI=1S/C10H12ClN3O3S/c1-6-2-8(10(11)13-4-6)14-5-7(3-9(14)15)18(12,16)17/h2,4,7H,3,5H2,1H3,(H2,12,16,17). The summed E-state index contributed by atoms with van der Waals surface area (Å²) in [5.74, 6) is -0.316. The molecule has 1 aliphatic heterocycles. The summed E-state index contributed by atoms with van der Waals surface area (Å²) in [5.41, 5.74) is 1.26. The maximum absolute atomic E-state index is 11.8. The number of hydrogen-bond donors (Lipinski definition) is 1. The normalized spacial score (nSPS) is 20.5.